The molecule has 0 atom stereocenters. The molecule has 7 nitrogen and oxygen atoms in total. The molecular formula is C27H24N4O3. The molecule has 0 bridgehead atoms. The van der Waals surface area contributed by atoms with E-state index in [1.54, 1.807) is 6.07 Å². The van der Waals surface area contributed by atoms with E-state index < -0.39 is 0 Å². The number of ether oxygens (including phenoxy) is 2. The van der Waals surface area contributed by atoms with Crippen LogP contribution in [0.5, 0.6) is 0 Å². The lowest BCUT2D eigenvalue weighted by Gasteiger charge is -2.28. The van der Waals surface area contributed by atoms with Crippen molar-refractivity contribution >= 4 is 23.0 Å². The van der Waals surface area contributed by atoms with Crippen molar-refractivity contribution in [3.05, 3.63) is 83.4 Å². The Balaban J connectivity index is 1.57. The minimum Gasteiger partial charge on any atom is -0.465 e. The summed E-state index contributed by atoms with van der Waals surface area (Å²) in [6, 6.07) is 23.5. The van der Waals surface area contributed by atoms with Gasteiger partial charge in [-0.15, -0.1) is 0 Å². The van der Waals surface area contributed by atoms with E-state index in [0.29, 0.717) is 30.9 Å². The van der Waals surface area contributed by atoms with Gasteiger partial charge in [0.05, 0.1) is 55.1 Å². The summed E-state index contributed by atoms with van der Waals surface area (Å²) in [5.74, 6) is 0.428. The van der Waals surface area contributed by atoms with E-state index in [4.69, 9.17) is 14.5 Å². The molecule has 2 heterocycles. The SMILES string of the molecule is COC(=O)c1cccc2nc(N3CCOCC3)n(Cc3ccc(-c4ccccc4C#N)cc3)c12. The Hall–Kier alpha value is -4.15. The summed E-state index contributed by atoms with van der Waals surface area (Å²) < 4.78 is 12.7. The minimum atomic E-state index is -0.385. The zero-order valence-electron chi connectivity index (χ0n) is 18.9. The van der Waals surface area contributed by atoms with Crippen LogP contribution in [-0.2, 0) is 16.0 Å². The number of aromatic nitrogens is 2. The van der Waals surface area contributed by atoms with Crippen LogP contribution in [0.25, 0.3) is 22.2 Å². The third-order valence-corrected chi connectivity index (χ3v) is 6.10. The number of nitrogens with zero attached hydrogens (tertiary/aromatic N) is 4. The number of hydrogen-bond donors (Lipinski definition) is 0. The van der Waals surface area contributed by atoms with E-state index in [0.717, 1.165) is 46.8 Å². The first-order chi connectivity index (χ1) is 16.7. The molecule has 1 aliphatic rings. The second-order valence-electron chi connectivity index (χ2n) is 8.12. The predicted octanol–water partition coefficient (Wildman–Crippen LogP) is 4.25. The third kappa shape index (κ3) is 4.00. The van der Waals surface area contributed by atoms with Gasteiger partial charge in [-0.05, 0) is 34.9 Å². The van der Waals surface area contributed by atoms with Gasteiger partial charge in [0.1, 0.15) is 0 Å². The maximum Gasteiger partial charge on any atom is 0.340 e. The van der Waals surface area contributed by atoms with E-state index in [-0.39, 0.29) is 5.97 Å². The number of carbonyl (C=O) groups is 1. The summed E-state index contributed by atoms with van der Waals surface area (Å²) in [6.07, 6.45) is 0. The van der Waals surface area contributed by atoms with Gasteiger partial charge >= 0.3 is 5.97 Å². The van der Waals surface area contributed by atoms with Crippen LogP contribution in [0.1, 0.15) is 21.5 Å². The molecule has 7 heteroatoms. The number of benzene rings is 3. The van der Waals surface area contributed by atoms with Crippen molar-refractivity contribution in [1.82, 2.24) is 9.55 Å². The summed E-state index contributed by atoms with van der Waals surface area (Å²) in [6.45, 7) is 3.29. The fourth-order valence-electron chi connectivity index (χ4n) is 4.41. The number of nitriles is 1. The molecule has 0 saturated carbocycles. The van der Waals surface area contributed by atoms with Gasteiger partial charge in [0.15, 0.2) is 0 Å². The fourth-order valence-corrected chi connectivity index (χ4v) is 4.41. The lowest BCUT2D eigenvalue weighted by atomic mass is 9.99. The van der Waals surface area contributed by atoms with Crippen LogP contribution in [0.3, 0.4) is 0 Å². The van der Waals surface area contributed by atoms with Crippen molar-refractivity contribution in [2.75, 3.05) is 38.3 Å². The Morgan fingerprint density at radius 3 is 2.56 bits per heavy atom. The highest BCUT2D eigenvalue weighted by molar-refractivity contribution is 6.03. The lowest BCUT2D eigenvalue weighted by molar-refractivity contribution is 0.0602. The van der Waals surface area contributed by atoms with Crippen molar-refractivity contribution in [3.63, 3.8) is 0 Å². The van der Waals surface area contributed by atoms with Crippen molar-refractivity contribution in [3.8, 4) is 17.2 Å². The van der Waals surface area contributed by atoms with E-state index in [1.165, 1.54) is 7.11 Å². The quantitative estimate of drug-likeness (QED) is 0.421. The molecular weight excluding hydrogens is 428 g/mol. The molecule has 0 spiro atoms. The second-order valence-corrected chi connectivity index (χ2v) is 8.12. The molecule has 0 N–H and O–H groups in total. The highest BCUT2D eigenvalue weighted by Gasteiger charge is 2.23. The highest BCUT2D eigenvalue weighted by atomic mass is 16.5. The molecule has 0 radical (unpaired) electrons. The topological polar surface area (TPSA) is 80.4 Å². The summed E-state index contributed by atoms with van der Waals surface area (Å²) >= 11 is 0. The number of rotatable bonds is 5. The van der Waals surface area contributed by atoms with Crippen LogP contribution < -0.4 is 4.90 Å². The van der Waals surface area contributed by atoms with Crippen molar-refractivity contribution in [2.24, 2.45) is 0 Å². The Morgan fingerprint density at radius 2 is 1.82 bits per heavy atom. The van der Waals surface area contributed by atoms with Crippen molar-refractivity contribution in [1.29, 1.82) is 5.26 Å². The number of methoxy groups -OCH3 is 1. The summed E-state index contributed by atoms with van der Waals surface area (Å²) in [5, 5.41) is 9.44. The summed E-state index contributed by atoms with van der Waals surface area (Å²) in [7, 11) is 1.39. The molecule has 1 fully saturated rings. The van der Waals surface area contributed by atoms with Crippen LogP contribution in [0.2, 0.25) is 0 Å². The maximum atomic E-state index is 12.6. The molecule has 1 aliphatic heterocycles. The molecule has 1 aromatic heterocycles. The average molecular weight is 453 g/mol. The fraction of sp³-hybridized carbons (Fsp3) is 0.222. The average Bonchev–Trinajstić information content (AvgIpc) is 3.27. The van der Waals surface area contributed by atoms with Crippen LogP contribution in [0, 0.1) is 11.3 Å². The van der Waals surface area contributed by atoms with Gasteiger partial charge in [0, 0.05) is 13.1 Å². The van der Waals surface area contributed by atoms with E-state index >= 15 is 0 Å². The molecule has 5 rings (SSSR count). The first-order valence-corrected chi connectivity index (χ1v) is 11.2. The largest absolute Gasteiger partial charge is 0.465 e. The Bertz CT molecular complexity index is 1380. The van der Waals surface area contributed by atoms with Crippen LogP contribution in [0.15, 0.2) is 66.7 Å². The second kappa shape index (κ2) is 9.38. The highest BCUT2D eigenvalue weighted by Crippen LogP contribution is 2.29. The van der Waals surface area contributed by atoms with E-state index in [1.807, 2.05) is 48.5 Å². The molecule has 1 saturated heterocycles. The van der Waals surface area contributed by atoms with Crippen molar-refractivity contribution in [2.45, 2.75) is 6.54 Å². The number of fused-ring (bicyclic) bond motifs is 1. The van der Waals surface area contributed by atoms with Gasteiger partial charge in [-0.25, -0.2) is 9.78 Å². The van der Waals surface area contributed by atoms with Gasteiger partial charge < -0.3 is 18.9 Å². The smallest absolute Gasteiger partial charge is 0.340 e. The molecule has 4 aromatic rings. The predicted molar refractivity (Wildman–Crippen MR) is 130 cm³/mol. The molecule has 0 unspecified atom stereocenters. The van der Waals surface area contributed by atoms with Gasteiger partial charge in [-0.2, -0.15) is 5.26 Å². The Kier molecular flexibility index (Phi) is 5.98. The van der Waals surface area contributed by atoms with Crippen LogP contribution in [-0.4, -0.2) is 48.9 Å². The Labute approximate surface area is 197 Å². The van der Waals surface area contributed by atoms with Crippen LogP contribution in [0.4, 0.5) is 5.95 Å². The number of carbonyl (C=O) groups excluding carboxylic acids is 1. The molecule has 0 amide bonds. The van der Waals surface area contributed by atoms with Gasteiger partial charge in [0.2, 0.25) is 5.95 Å². The van der Waals surface area contributed by atoms with E-state index in [9.17, 15) is 10.1 Å². The van der Waals surface area contributed by atoms with Gasteiger partial charge in [-0.1, -0.05) is 48.5 Å². The number of para-hydroxylation sites is 1. The Morgan fingerprint density at radius 1 is 1.06 bits per heavy atom. The number of anilines is 1. The van der Waals surface area contributed by atoms with Crippen molar-refractivity contribution < 1.29 is 14.3 Å². The third-order valence-electron chi connectivity index (χ3n) is 6.10. The molecule has 3 aromatic carbocycles. The zero-order valence-corrected chi connectivity index (χ0v) is 18.9. The monoisotopic (exact) mass is 452 g/mol. The molecule has 34 heavy (non-hydrogen) atoms. The minimum absolute atomic E-state index is 0.385. The number of hydrogen-bond acceptors (Lipinski definition) is 6. The van der Waals surface area contributed by atoms with E-state index in [2.05, 4.69) is 27.7 Å². The summed E-state index contributed by atoms with van der Waals surface area (Å²) in [5.41, 5.74) is 5.61. The molecule has 170 valence electrons. The first-order valence-electron chi connectivity index (χ1n) is 11.2. The zero-order chi connectivity index (χ0) is 23.5. The standard InChI is InChI=1S/C27H24N4O3/c1-33-26(32)23-7-4-8-24-25(23)31(27(29-24)30-13-15-34-16-14-30)18-19-9-11-20(12-10-19)22-6-3-2-5-21(22)17-28/h2-12H,13-16,18H2,1H3. The van der Waals surface area contributed by atoms with Gasteiger partial charge in [0.25, 0.3) is 0 Å². The number of imidazole rings is 1. The maximum absolute atomic E-state index is 12.6. The number of esters is 1. The normalized spacial score (nSPS) is 13.6. The van der Waals surface area contributed by atoms with Crippen LogP contribution >= 0.6 is 0 Å². The lowest BCUT2D eigenvalue weighted by Crippen LogP contribution is -2.38. The molecule has 0 aliphatic carbocycles. The van der Waals surface area contributed by atoms with Gasteiger partial charge in [-0.3, -0.25) is 0 Å². The summed E-state index contributed by atoms with van der Waals surface area (Å²) in [4.78, 5) is 19.6. The number of morpholine rings is 1. The first kappa shape index (κ1) is 21.7.